The van der Waals surface area contributed by atoms with E-state index in [0.717, 1.165) is 5.56 Å². The molecule has 78 valence electrons. The number of oxime groups is 1. The molecule has 1 unspecified atom stereocenters. The minimum Gasteiger partial charge on any atom is -0.315 e. The van der Waals surface area contributed by atoms with Gasteiger partial charge in [-0.3, -0.25) is 0 Å². The second kappa shape index (κ2) is 3.47. The van der Waals surface area contributed by atoms with Gasteiger partial charge in [0.1, 0.15) is 5.71 Å². The van der Waals surface area contributed by atoms with Gasteiger partial charge in [-0.25, -0.2) is 4.79 Å². The predicted octanol–water partition coefficient (Wildman–Crippen LogP) is 1.05. The van der Waals surface area contributed by atoms with Crippen LogP contribution in [0.15, 0.2) is 35.5 Å². The zero-order valence-corrected chi connectivity index (χ0v) is 8.43. The number of hydrogen-bond donors (Lipinski definition) is 1. The van der Waals surface area contributed by atoms with E-state index in [4.69, 9.17) is 5.73 Å². The third-order valence-corrected chi connectivity index (χ3v) is 2.61. The van der Waals surface area contributed by atoms with Crippen LogP contribution in [0.1, 0.15) is 18.9 Å². The lowest BCUT2D eigenvalue weighted by Gasteiger charge is -2.18. The Balaban J connectivity index is 2.43. The molecule has 15 heavy (non-hydrogen) atoms. The summed E-state index contributed by atoms with van der Waals surface area (Å²) in [6, 6.07) is 9.36. The first-order valence-corrected chi connectivity index (χ1v) is 4.82. The van der Waals surface area contributed by atoms with Gasteiger partial charge in [-0.2, -0.15) is 0 Å². The molecule has 2 N–H and O–H groups in total. The third-order valence-electron chi connectivity index (χ3n) is 2.61. The molecular formula is C11H12N2O2. The summed E-state index contributed by atoms with van der Waals surface area (Å²) in [6.07, 6.45) is 0.472. The average molecular weight is 204 g/mol. The van der Waals surface area contributed by atoms with Crippen molar-refractivity contribution in [1.82, 2.24) is 0 Å². The lowest BCUT2D eigenvalue weighted by molar-refractivity contribution is -0.144. The molecule has 1 heterocycles. The minimum absolute atomic E-state index is 0.472. The van der Waals surface area contributed by atoms with E-state index >= 15 is 0 Å². The number of nitrogens with zero attached hydrogens (tertiary/aromatic N) is 1. The Hall–Kier alpha value is -1.68. The Bertz CT molecular complexity index is 414. The van der Waals surface area contributed by atoms with Crippen LogP contribution in [0.3, 0.4) is 0 Å². The summed E-state index contributed by atoms with van der Waals surface area (Å²) in [4.78, 5) is 16.1. The van der Waals surface area contributed by atoms with E-state index in [1.807, 2.05) is 37.3 Å². The first-order chi connectivity index (χ1) is 7.18. The Morgan fingerprint density at radius 3 is 2.67 bits per heavy atom. The van der Waals surface area contributed by atoms with Crippen molar-refractivity contribution in [3.05, 3.63) is 35.9 Å². The highest BCUT2D eigenvalue weighted by molar-refractivity contribution is 6.21. The number of carbonyl (C=O) groups is 1. The summed E-state index contributed by atoms with van der Waals surface area (Å²) < 4.78 is 0. The van der Waals surface area contributed by atoms with Gasteiger partial charge < -0.3 is 10.6 Å². The van der Waals surface area contributed by atoms with Crippen molar-refractivity contribution < 1.29 is 9.63 Å². The lowest BCUT2D eigenvalue weighted by Crippen LogP contribution is -2.51. The molecule has 0 saturated heterocycles. The smallest absolute Gasteiger partial charge is 0.315 e. The number of nitrogens with two attached hydrogens (primary N) is 1. The molecule has 0 bridgehead atoms. The van der Waals surface area contributed by atoms with Gasteiger partial charge in [0.15, 0.2) is 5.54 Å². The molecule has 0 amide bonds. The molecule has 0 radical (unpaired) electrons. The van der Waals surface area contributed by atoms with Crippen molar-refractivity contribution in [3.8, 4) is 0 Å². The molecule has 1 atom stereocenters. The van der Waals surface area contributed by atoms with Crippen molar-refractivity contribution in [2.75, 3.05) is 0 Å². The molecule has 1 aliphatic rings. The highest BCUT2D eigenvalue weighted by Gasteiger charge is 2.45. The Morgan fingerprint density at radius 2 is 2.07 bits per heavy atom. The van der Waals surface area contributed by atoms with Gasteiger partial charge in [-0.1, -0.05) is 42.4 Å². The van der Waals surface area contributed by atoms with Crippen molar-refractivity contribution in [1.29, 1.82) is 0 Å². The van der Waals surface area contributed by atoms with Gasteiger partial charge in [0.2, 0.25) is 0 Å². The lowest BCUT2D eigenvalue weighted by atomic mass is 9.88. The van der Waals surface area contributed by atoms with E-state index < -0.39 is 11.5 Å². The second-order valence-corrected chi connectivity index (χ2v) is 3.51. The summed E-state index contributed by atoms with van der Waals surface area (Å²) in [5, 5.41) is 3.75. The number of hydrogen-bond acceptors (Lipinski definition) is 4. The van der Waals surface area contributed by atoms with Crippen LogP contribution in [0.5, 0.6) is 0 Å². The third kappa shape index (κ3) is 1.43. The normalized spacial score (nSPS) is 24.9. The predicted molar refractivity (Wildman–Crippen MR) is 56.3 cm³/mol. The quantitative estimate of drug-likeness (QED) is 0.732. The average Bonchev–Trinajstić information content (AvgIpc) is 2.58. The maximum atomic E-state index is 11.4. The molecule has 4 heteroatoms. The van der Waals surface area contributed by atoms with E-state index in [9.17, 15) is 4.79 Å². The zero-order valence-electron chi connectivity index (χ0n) is 8.43. The number of carbonyl (C=O) groups excluding carboxylic acids is 1. The van der Waals surface area contributed by atoms with Crippen LogP contribution < -0.4 is 5.73 Å². The molecule has 1 aromatic carbocycles. The van der Waals surface area contributed by atoms with Crippen LogP contribution in [0.2, 0.25) is 0 Å². The van der Waals surface area contributed by atoms with Crippen molar-refractivity contribution in [3.63, 3.8) is 0 Å². The highest BCUT2D eigenvalue weighted by Crippen LogP contribution is 2.23. The van der Waals surface area contributed by atoms with E-state index in [1.54, 1.807) is 0 Å². The first-order valence-electron chi connectivity index (χ1n) is 4.82. The number of benzene rings is 1. The Morgan fingerprint density at radius 1 is 1.40 bits per heavy atom. The van der Waals surface area contributed by atoms with Gasteiger partial charge in [0, 0.05) is 5.56 Å². The van der Waals surface area contributed by atoms with Crippen molar-refractivity contribution >= 4 is 11.7 Å². The van der Waals surface area contributed by atoms with E-state index in [2.05, 4.69) is 9.99 Å². The van der Waals surface area contributed by atoms with E-state index in [1.165, 1.54) is 0 Å². The van der Waals surface area contributed by atoms with Crippen molar-refractivity contribution in [2.24, 2.45) is 10.9 Å². The highest BCUT2D eigenvalue weighted by atomic mass is 16.7. The SMILES string of the molecule is CCC1(N)C(=O)ON=C1c1ccccc1. The monoisotopic (exact) mass is 204 g/mol. The topological polar surface area (TPSA) is 64.7 Å². The maximum Gasteiger partial charge on any atom is 0.360 e. The standard InChI is InChI=1S/C11H12N2O2/c1-2-11(12)9(13-15-10(11)14)8-6-4-3-5-7-8/h3-7H,2,12H2,1H3. The van der Waals surface area contributed by atoms with Gasteiger partial charge in [0.25, 0.3) is 0 Å². The fourth-order valence-electron chi connectivity index (χ4n) is 1.56. The van der Waals surface area contributed by atoms with E-state index in [-0.39, 0.29) is 0 Å². The molecule has 0 aromatic heterocycles. The largest absolute Gasteiger partial charge is 0.360 e. The van der Waals surface area contributed by atoms with Crippen LogP contribution in [0, 0.1) is 0 Å². The summed E-state index contributed by atoms with van der Waals surface area (Å²) in [7, 11) is 0. The molecule has 4 nitrogen and oxygen atoms in total. The van der Waals surface area contributed by atoms with Gasteiger partial charge in [-0.15, -0.1) is 0 Å². The van der Waals surface area contributed by atoms with Crippen LogP contribution in [0.25, 0.3) is 0 Å². The fourth-order valence-corrected chi connectivity index (χ4v) is 1.56. The Kier molecular flexibility index (Phi) is 2.28. The van der Waals surface area contributed by atoms with E-state index in [0.29, 0.717) is 12.1 Å². The second-order valence-electron chi connectivity index (χ2n) is 3.51. The molecule has 1 aromatic rings. The molecule has 0 saturated carbocycles. The molecular weight excluding hydrogens is 192 g/mol. The Labute approximate surface area is 87.7 Å². The summed E-state index contributed by atoms with van der Waals surface area (Å²) in [5.74, 6) is -0.483. The van der Waals surface area contributed by atoms with Crippen LogP contribution in [0.4, 0.5) is 0 Å². The van der Waals surface area contributed by atoms with Gasteiger partial charge >= 0.3 is 5.97 Å². The molecule has 1 aliphatic heterocycles. The van der Waals surface area contributed by atoms with Gasteiger partial charge in [0.05, 0.1) is 0 Å². The first kappa shape index (κ1) is 9.86. The summed E-state index contributed by atoms with van der Waals surface area (Å²) in [6.45, 7) is 1.84. The van der Waals surface area contributed by atoms with Crippen LogP contribution in [-0.4, -0.2) is 17.2 Å². The van der Waals surface area contributed by atoms with Gasteiger partial charge in [-0.05, 0) is 6.42 Å². The number of rotatable bonds is 2. The minimum atomic E-state index is -1.10. The summed E-state index contributed by atoms with van der Waals surface area (Å²) in [5.41, 5.74) is 6.21. The summed E-state index contributed by atoms with van der Waals surface area (Å²) >= 11 is 0. The van der Waals surface area contributed by atoms with Crippen LogP contribution in [-0.2, 0) is 9.63 Å². The zero-order chi connectivity index (χ0) is 10.9. The molecule has 0 spiro atoms. The molecule has 2 rings (SSSR count). The molecule has 0 fully saturated rings. The fraction of sp³-hybridized carbons (Fsp3) is 0.273. The van der Waals surface area contributed by atoms with Crippen molar-refractivity contribution in [2.45, 2.75) is 18.9 Å². The maximum absolute atomic E-state index is 11.4. The molecule has 0 aliphatic carbocycles. The van der Waals surface area contributed by atoms with Crippen LogP contribution >= 0.6 is 0 Å².